The average molecular weight is 336 g/mol. The number of nitrogens with zero attached hydrogens (tertiary/aromatic N) is 3. The number of hydrogen-bond donors (Lipinski definition) is 1. The number of oxazole rings is 1. The number of aromatic nitrogens is 2. The topological polar surface area (TPSA) is 71.3 Å². The van der Waals surface area contributed by atoms with E-state index in [1.165, 1.54) is 6.39 Å². The molecule has 0 aliphatic rings. The van der Waals surface area contributed by atoms with Gasteiger partial charge in [0.15, 0.2) is 17.8 Å². The van der Waals surface area contributed by atoms with Gasteiger partial charge in [0.05, 0.1) is 0 Å². The summed E-state index contributed by atoms with van der Waals surface area (Å²) in [6, 6.07) is 11.6. The Hall–Kier alpha value is -3.15. The smallest absolute Gasteiger partial charge is 0.274 e. The Morgan fingerprint density at radius 1 is 1.16 bits per heavy atom. The van der Waals surface area contributed by atoms with Gasteiger partial charge in [0.2, 0.25) is 0 Å². The number of hydrogen-bond acceptors (Lipinski definition) is 5. The van der Waals surface area contributed by atoms with Gasteiger partial charge in [-0.15, -0.1) is 0 Å². The predicted octanol–water partition coefficient (Wildman–Crippen LogP) is 3.04. The molecule has 0 spiro atoms. The van der Waals surface area contributed by atoms with Crippen LogP contribution in [0.3, 0.4) is 0 Å². The number of carbonyl (C=O) groups is 1. The highest BCUT2D eigenvalue weighted by Crippen LogP contribution is 2.23. The molecule has 0 atom stereocenters. The van der Waals surface area contributed by atoms with Crippen molar-refractivity contribution in [1.29, 1.82) is 0 Å². The molecule has 0 bridgehead atoms. The first-order valence-electron chi connectivity index (χ1n) is 7.95. The fraction of sp³-hybridized carbons (Fsp3) is 0.211. The first-order chi connectivity index (χ1) is 12.0. The molecular formula is C19H20N4O2. The molecule has 128 valence electrons. The van der Waals surface area contributed by atoms with Crippen molar-refractivity contribution in [2.75, 3.05) is 19.0 Å². The van der Waals surface area contributed by atoms with Gasteiger partial charge in [-0.1, -0.05) is 29.8 Å². The Bertz CT molecular complexity index is 869. The van der Waals surface area contributed by atoms with E-state index in [-0.39, 0.29) is 11.6 Å². The summed E-state index contributed by atoms with van der Waals surface area (Å²) < 4.78 is 5.43. The van der Waals surface area contributed by atoms with Gasteiger partial charge in [-0.3, -0.25) is 4.79 Å². The van der Waals surface area contributed by atoms with Crippen molar-refractivity contribution in [2.45, 2.75) is 13.5 Å². The lowest BCUT2D eigenvalue weighted by atomic mass is 10.1. The standard InChI is InChI=1S/C19H20N4O2/c1-13-4-6-15(7-5-13)18-17(22-12-25-18)19(24)21-11-14-8-9-20-16(10-14)23(2)3/h4-10,12H,11H2,1-3H3,(H,21,24). The van der Waals surface area contributed by atoms with Crippen LogP contribution in [0, 0.1) is 6.92 Å². The second-order valence-corrected chi connectivity index (χ2v) is 6.00. The number of carbonyl (C=O) groups excluding carboxylic acids is 1. The normalized spacial score (nSPS) is 10.5. The van der Waals surface area contributed by atoms with E-state index in [2.05, 4.69) is 15.3 Å². The van der Waals surface area contributed by atoms with E-state index in [0.29, 0.717) is 12.3 Å². The summed E-state index contributed by atoms with van der Waals surface area (Å²) in [5.74, 6) is 1.04. The Labute approximate surface area is 146 Å². The number of aryl methyl sites for hydroxylation is 1. The second kappa shape index (κ2) is 7.17. The lowest BCUT2D eigenvalue weighted by Crippen LogP contribution is -2.24. The van der Waals surface area contributed by atoms with E-state index in [4.69, 9.17) is 4.42 Å². The molecular weight excluding hydrogens is 316 g/mol. The highest BCUT2D eigenvalue weighted by Gasteiger charge is 2.18. The first kappa shape index (κ1) is 16.7. The number of benzene rings is 1. The van der Waals surface area contributed by atoms with Gasteiger partial charge in [0.25, 0.3) is 5.91 Å². The third-order valence-electron chi connectivity index (χ3n) is 3.82. The molecule has 3 aromatic rings. The van der Waals surface area contributed by atoms with Crippen molar-refractivity contribution in [3.8, 4) is 11.3 Å². The van der Waals surface area contributed by atoms with E-state index < -0.39 is 0 Å². The third-order valence-corrected chi connectivity index (χ3v) is 3.82. The second-order valence-electron chi connectivity index (χ2n) is 6.00. The van der Waals surface area contributed by atoms with Crippen LogP contribution in [0.25, 0.3) is 11.3 Å². The maximum atomic E-state index is 12.5. The monoisotopic (exact) mass is 336 g/mol. The van der Waals surface area contributed by atoms with Gasteiger partial charge in [-0.25, -0.2) is 9.97 Å². The van der Waals surface area contributed by atoms with Crippen molar-refractivity contribution in [2.24, 2.45) is 0 Å². The number of amides is 1. The number of anilines is 1. The lowest BCUT2D eigenvalue weighted by Gasteiger charge is -2.12. The maximum absolute atomic E-state index is 12.5. The fourth-order valence-corrected chi connectivity index (χ4v) is 2.40. The summed E-state index contributed by atoms with van der Waals surface area (Å²) in [5, 5.41) is 2.88. The van der Waals surface area contributed by atoms with Crippen LogP contribution in [0.1, 0.15) is 21.6 Å². The van der Waals surface area contributed by atoms with Crippen LogP contribution in [0.5, 0.6) is 0 Å². The highest BCUT2D eigenvalue weighted by atomic mass is 16.3. The van der Waals surface area contributed by atoms with Crippen molar-refractivity contribution in [3.63, 3.8) is 0 Å². The van der Waals surface area contributed by atoms with Gasteiger partial charge >= 0.3 is 0 Å². The van der Waals surface area contributed by atoms with E-state index in [1.54, 1.807) is 6.20 Å². The van der Waals surface area contributed by atoms with Crippen LogP contribution in [-0.4, -0.2) is 30.0 Å². The van der Waals surface area contributed by atoms with Crippen molar-refractivity contribution >= 4 is 11.7 Å². The molecule has 3 rings (SSSR count). The number of pyridine rings is 1. The van der Waals surface area contributed by atoms with E-state index in [1.807, 2.05) is 62.3 Å². The Morgan fingerprint density at radius 2 is 1.92 bits per heavy atom. The Balaban J connectivity index is 1.73. The molecule has 1 amide bonds. The zero-order valence-corrected chi connectivity index (χ0v) is 14.5. The van der Waals surface area contributed by atoms with Crippen molar-refractivity contribution in [3.05, 3.63) is 65.8 Å². The van der Waals surface area contributed by atoms with Crippen LogP contribution in [0.15, 0.2) is 53.4 Å². The molecule has 0 saturated heterocycles. The molecule has 1 N–H and O–H groups in total. The quantitative estimate of drug-likeness (QED) is 0.775. The van der Waals surface area contributed by atoms with E-state index in [0.717, 1.165) is 22.5 Å². The molecule has 2 heterocycles. The molecule has 6 nitrogen and oxygen atoms in total. The zero-order chi connectivity index (χ0) is 17.8. The molecule has 6 heteroatoms. The molecule has 1 aromatic carbocycles. The minimum atomic E-state index is -0.271. The molecule has 0 aliphatic carbocycles. The molecule has 2 aromatic heterocycles. The molecule has 0 aliphatic heterocycles. The lowest BCUT2D eigenvalue weighted by molar-refractivity contribution is 0.0946. The van der Waals surface area contributed by atoms with Crippen LogP contribution in [-0.2, 0) is 6.54 Å². The van der Waals surface area contributed by atoms with Crippen LogP contribution in [0.4, 0.5) is 5.82 Å². The largest absolute Gasteiger partial charge is 0.443 e. The van der Waals surface area contributed by atoms with Gasteiger partial charge in [0, 0.05) is 32.4 Å². The van der Waals surface area contributed by atoms with Gasteiger partial charge in [-0.05, 0) is 24.6 Å². The number of rotatable bonds is 5. The number of nitrogens with one attached hydrogen (secondary N) is 1. The molecule has 0 unspecified atom stereocenters. The van der Waals surface area contributed by atoms with Gasteiger partial charge < -0.3 is 14.6 Å². The summed E-state index contributed by atoms with van der Waals surface area (Å²) in [7, 11) is 3.85. The fourth-order valence-electron chi connectivity index (χ4n) is 2.40. The highest BCUT2D eigenvalue weighted by molar-refractivity contribution is 5.97. The third kappa shape index (κ3) is 3.85. The minimum absolute atomic E-state index is 0.271. The maximum Gasteiger partial charge on any atom is 0.274 e. The van der Waals surface area contributed by atoms with Crippen LogP contribution >= 0.6 is 0 Å². The van der Waals surface area contributed by atoms with E-state index in [9.17, 15) is 4.79 Å². The zero-order valence-electron chi connectivity index (χ0n) is 14.5. The SMILES string of the molecule is Cc1ccc(-c2ocnc2C(=O)NCc2ccnc(N(C)C)c2)cc1. The first-order valence-corrected chi connectivity index (χ1v) is 7.95. The minimum Gasteiger partial charge on any atom is -0.443 e. The van der Waals surface area contributed by atoms with Gasteiger partial charge in [-0.2, -0.15) is 0 Å². The molecule has 0 fully saturated rings. The summed E-state index contributed by atoms with van der Waals surface area (Å²) in [6.45, 7) is 2.40. The summed E-state index contributed by atoms with van der Waals surface area (Å²) in [6.07, 6.45) is 3.02. The Kier molecular flexibility index (Phi) is 4.79. The molecule has 0 radical (unpaired) electrons. The van der Waals surface area contributed by atoms with Crippen molar-refractivity contribution in [1.82, 2.24) is 15.3 Å². The summed E-state index contributed by atoms with van der Waals surface area (Å²) in [4.78, 5) is 22.8. The average Bonchev–Trinajstić information content (AvgIpc) is 3.10. The van der Waals surface area contributed by atoms with E-state index >= 15 is 0 Å². The summed E-state index contributed by atoms with van der Waals surface area (Å²) >= 11 is 0. The molecule has 0 saturated carbocycles. The predicted molar refractivity (Wildman–Crippen MR) is 96.4 cm³/mol. The summed E-state index contributed by atoms with van der Waals surface area (Å²) in [5.41, 5.74) is 3.22. The van der Waals surface area contributed by atoms with Crippen molar-refractivity contribution < 1.29 is 9.21 Å². The Morgan fingerprint density at radius 3 is 2.64 bits per heavy atom. The van der Waals surface area contributed by atoms with Gasteiger partial charge in [0.1, 0.15) is 5.82 Å². The van der Waals surface area contributed by atoms with Crippen LogP contribution in [0.2, 0.25) is 0 Å². The molecule has 25 heavy (non-hydrogen) atoms. The van der Waals surface area contributed by atoms with Crippen LogP contribution < -0.4 is 10.2 Å².